The Morgan fingerprint density at radius 2 is 1.40 bits per heavy atom. The van der Waals surface area contributed by atoms with Crippen LogP contribution < -0.4 is 0 Å². The number of hydrogen-bond acceptors (Lipinski definition) is 3. The van der Waals surface area contributed by atoms with Crippen LogP contribution in [0.3, 0.4) is 0 Å². The molecule has 0 aliphatic heterocycles. The molecule has 1 unspecified atom stereocenters. The van der Waals surface area contributed by atoms with Crippen LogP contribution in [0, 0.1) is 17.3 Å². The fraction of sp³-hybridized carbons (Fsp3) is 0.806. The van der Waals surface area contributed by atoms with E-state index in [9.17, 15) is 15.0 Å². The Labute approximate surface area is 245 Å². The van der Waals surface area contributed by atoms with E-state index < -0.39 is 5.97 Å². The number of carboxylic acids is 1. The summed E-state index contributed by atoms with van der Waals surface area (Å²) in [5.41, 5.74) is 2.99. The molecule has 4 nitrogen and oxygen atoms in total. The predicted molar refractivity (Wildman–Crippen MR) is 166 cm³/mol. The monoisotopic (exact) mass is 556 g/mol. The Kier molecular flexibility index (Phi) is 14.4. The Morgan fingerprint density at radius 3 is 1.98 bits per heavy atom. The van der Waals surface area contributed by atoms with Gasteiger partial charge in [-0.25, -0.2) is 0 Å². The van der Waals surface area contributed by atoms with E-state index in [-0.39, 0.29) is 11.5 Å². The number of carbonyl (C=O) groups is 1. The summed E-state index contributed by atoms with van der Waals surface area (Å²) in [6, 6.07) is 5.96. The molecule has 4 heteroatoms. The summed E-state index contributed by atoms with van der Waals surface area (Å²) in [5, 5.41) is 28.6. The van der Waals surface area contributed by atoms with E-state index in [1.807, 2.05) is 12.1 Å². The number of aliphatic carboxylic acids is 1. The van der Waals surface area contributed by atoms with Crippen LogP contribution in [0.25, 0.3) is 0 Å². The average molecular weight is 557 g/mol. The highest BCUT2D eigenvalue weighted by Gasteiger charge is 2.54. The molecule has 3 aliphatic rings. The quantitative estimate of drug-likeness (QED) is 0.177. The number of phenols is 1. The first kappa shape index (κ1) is 33.0. The molecule has 0 bridgehead atoms. The van der Waals surface area contributed by atoms with Crippen LogP contribution in [0.2, 0.25) is 0 Å². The predicted octanol–water partition coefficient (Wildman–Crippen LogP) is 9.94. The molecule has 5 atom stereocenters. The van der Waals surface area contributed by atoms with E-state index in [4.69, 9.17) is 5.11 Å². The number of hydrogen-bond donors (Lipinski definition) is 3. The second kappa shape index (κ2) is 17.4. The maximum atomic E-state index is 10.4. The number of carboxylic acid groups (broad SMARTS) is 1. The summed E-state index contributed by atoms with van der Waals surface area (Å²) >= 11 is 0. The summed E-state index contributed by atoms with van der Waals surface area (Å²) < 4.78 is 0. The van der Waals surface area contributed by atoms with Crippen molar-refractivity contribution in [1.82, 2.24) is 0 Å². The molecule has 1 aromatic rings. The second-order valence-electron chi connectivity index (χ2n) is 13.5. The molecule has 2 saturated carbocycles. The lowest BCUT2D eigenvalue weighted by Crippen LogP contribution is -2.43. The fourth-order valence-electron chi connectivity index (χ4n) is 8.19. The SMILES string of the molecule is CCCCCCCCCCCCCCCCCC(=O)O.C[C@]12CC[C@@H]3c4ccc(O)cc4CC[C@H]3[C@@H]1CCC2O. The highest BCUT2D eigenvalue weighted by atomic mass is 16.4. The number of phenolic OH excluding ortho intramolecular Hbond substituents is 1. The third-order valence-corrected chi connectivity index (χ3v) is 10.7. The summed E-state index contributed by atoms with van der Waals surface area (Å²) in [5.74, 6) is 1.84. The summed E-state index contributed by atoms with van der Waals surface area (Å²) in [7, 11) is 0. The first-order chi connectivity index (χ1) is 19.4. The molecule has 3 aliphatic carbocycles. The highest BCUT2D eigenvalue weighted by molar-refractivity contribution is 5.66. The minimum atomic E-state index is -0.653. The molecule has 0 spiro atoms. The number of rotatable bonds is 16. The van der Waals surface area contributed by atoms with Crippen molar-refractivity contribution in [1.29, 1.82) is 0 Å². The van der Waals surface area contributed by atoms with Gasteiger partial charge in [0.1, 0.15) is 5.75 Å². The van der Waals surface area contributed by atoms with E-state index in [1.54, 1.807) is 0 Å². The van der Waals surface area contributed by atoms with Gasteiger partial charge in [-0.05, 0) is 91.4 Å². The van der Waals surface area contributed by atoms with Crippen LogP contribution in [0.5, 0.6) is 5.75 Å². The van der Waals surface area contributed by atoms with Crippen LogP contribution >= 0.6 is 0 Å². The van der Waals surface area contributed by atoms with Gasteiger partial charge in [0.05, 0.1) is 6.10 Å². The number of benzene rings is 1. The van der Waals surface area contributed by atoms with Gasteiger partial charge in [-0.1, -0.05) is 110 Å². The molecule has 0 amide bonds. The van der Waals surface area contributed by atoms with Crippen molar-refractivity contribution < 1.29 is 20.1 Å². The molecule has 0 radical (unpaired) electrons. The Balaban J connectivity index is 0.000000220. The summed E-state index contributed by atoms with van der Waals surface area (Å²) in [6.07, 6.45) is 27.0. The minimum absolute atomic E-state index is 0.0883. The Morgan fingerprint density at radius 1 is 0.825 bits per heavy atom. The number of aliphatic hydroxyl groups is 1. The maximum absolute atomic E-state index is 10.4. The van der Waals surface area contributed by atoms with Crippen molar-refractivity contribution in [3.05, 3.63) is 29.3 Å². The lowest BCUT2D eigenvalue weighted by molar-refractivity contribution is -0.137. The topological polar surface area (TPSA) is 77.8 Å². The van der Waals surface area contributed by atoms with Crippen molar-refractivity contribution in [2.45, 2.75) is 167 Å². The standard InChI is InChI=1S/C18H24O2.C18H36O2/c1-18-9-8-14-13-5-3-12(19)10-11(13)2-4-15(14)16(18)6-7-17(18)20;1-2-3-4-5-6-7-8-9-10-11-12-13-14-15-16-17-18(19)20/h3,5,10,14-17,19-20H,2,4,6-9H2,1H3;2-17H2,1H3,(H,19,20)/t14-,15-,16+,17?,18+;/m1./s1. The van der Waals surface area contributed by atoms with Gasteiger partial charge in [-0.2, -0.15) is 0 Å². The van der Waals surface area contributed by atoms with Gasteiger partial charge in [-0.15, -0.1) is 0 Å². The van der Waals surface area contributed by atoms with Gasteiger partial charge in [0, 0.05) is 6.42 Å². The molecule has 40 heavy (non-hydrogen) atoms. The maximum Gasteiger partial charge on any atom is 0.303 e. The zero-order valence-electron chi connectivity index (χ0n) is 25.8. The van der Waals surface area contributed by atoms with Gasteiger partial charge < -0.3 is 15.3 Å². The average Bonchev–Trinajstić information content (AvgIpc) is 3.25. The normalized spacial score (nSPS) is 26.8. The zero-order chi connectivity index (χ0) is 28.8. The summed E-state index contributed by atoms with van der Waals surface area (Å²) in [4.78, 5) is 10.3. The minimum Gasteiger partial charge on any atom is -0.508 e. The zero-order valence-corrected chi connectivity index (χ0v) is 25.8. The third kappa shape index (κ3) is 9.78. The van der Waals surface area contributed by atoms with Crippen molar-refractivity contribution in [2.24, 2.45) is 17.3 Å². The van der Waals surface area contributed by atoms with Crippen molar-refractivity contribution in [3.8, 4) is 5.75 Å². The Bertz CT molecular complexity index is 866. The van der Waals surface area contributed by atoms with Gasteiger partial charge in [-0.3, -0.25) is 4.79 Å². The number of aryl methyl sites for hydroxylation is 1. The molecule has 228 valence electrons. The molecule has 2 fully saturated rings. The molecular weight excluding hydrogens is 496 g/mol. The van der Waals surface area contributed by atoms with Crippen LogP contribution in [0.15, 0.2) is 18.2 Å². The van der Waals surface area contributed by atoms with Gasteiger partial charge in [0.2, 0.25) is 0 Å². The van der Waals surface area contributed by atoms with E-state index in [0.717, 1.165) is 38.0 Å². The molecule has 4 rings (SSSR count). The third-order valence-electron chi connectivity index (χ3n) is 10.7. The number of aromatic hydroxyl groups is 1. The van der Waals surface area contributed by atoms with Crippen molar-refractivity contribution >= 4 is 5.97 Å². The first-order valence-electron chi connectivity index (χ1n) is 17.1. The van der Waals surface area contributed by atoms with Crippen LogP contribution in [-0.4, -0.2) is 27.4 Å². The van der Waals surface area contributed by atoms with Crippen LogP contribution in [0.4, 0.5) is 0 Å². The van der Waals surface area contributed by atoms with E-state index in [2.05, 4.69) is 19.9 Å². The van der Waals surface area contributed by atoms with Gasteiger partial charge in [0.25, 0.3) is 0 Å². The summed E-state index contributed by atoms with van der Waals surface area (Å²) in [6.45, 7) is 4.59. The molecular formula is C36H60O4. The second-order valence-corrected chi connectivity index (χ2v) is 13.5. The van der Waals surface area contributed by atoms with E-state index in [1.165, 1.54) is 114 Å². The first-order valence-corrected chi connectivity index (χ1v) is 17.1. The van der Waals surface area contributed by atoms with Crippen molar-refractivity contribution in [2.75, 3.05) is 0 Å². The molecule has 0 aromatic heterocycles. The lowest BCUT2D eigenvalue weighted by Gasteiger charge is -2.50. The lowest BCUT2D eigenvalue weighted by atomic mass is 9.55. The van der Waals surface area contributed by atoms with Gasteiger partial charge >= 0.3 is 5.97 Å². The number of unbranched alkanes of at least 4 members (excludes halogenated alkanes) is 14. The van der Waals surface area contributed by atoms with Crippen LogP contribution in [-0.2, 0) is 11.2 Å². The fourth-order valence-corrected chi connectivity index (χ4v) is 8.19. The van der Waals surface area contributed by atoms with Gasteiger partial charge in [0.15, 0.2) is 0 Å². The Hall–Kier alpha value is -1.55. The molecule has 0 saturated heterocycles. The van der Waals surface area contributed by atoms with E-state index in [0.29, 0.717) is 24.0 Å². The molecule has 3 N–H and O–H groups in total. The number of aliphatic hydroxyl groups excluding tert-OH is 1. The smallest absolute Gasteiger partial charge is 0.303 e. The van der Waals surface area contributed by atoms with E-state index >= 15 is 0 Å². The molecule has 1 aromatic carbocycles. The molecule has 0 heterocycles. The number of fused-ring (bicyclic) bond motifs is 5. The largest absolute Gasteiger partial charge is 0.508 e. The van der Waals surface area contributed by atoms with Crippen molar-refractivity contribution in [3.63, 3.8) is 0 Å². The van der Waals surface area contributed by atoms with Crippen LogP contribution in [0.1, 0.15) is 166 Å². The highest BCUT2D eigenvalue weighted by Crippen LogP contribution is 2.60.